The summed E-state index contributed by atoms with van der Waals surface area (Å²) in [4.78, 5) is 39.4. The number of rotatable bonds is 6. The van der Waals surface area contributed by atoms with E-state index in [0.717, 1.165) is 19.3 Å². The van der Waals surface area contributed by atoms with Crippen LogP contribution in [0, 0.1) is 11.8 Å². The summed E-state index contributed by atoms with van der Waals surface area (Å²) in [6.07, 6.45) is 3.18. The van der Waals surface area contributed by atoms with E-state index in [0.29, 0.717) is 18.0 Å². The second-order valence-electron chi connectivity index (χ2n) is 5.75. The first-order valence-corrected chi connectivity index (χ1v) is 7.70. The van der Waals surface area contributed by atoms with Crippen molar-refractivity contribution in [1.82, 2.24) is 9.80 Å². The Labute approximate surface area is 129 Å². The van der Waals surface area contributed by atoms with Crippen LogP contribution < -0.4 is 5.73 Å². The number of amides is 3. The van der Waals surface area contributed by atoms with Crippen molar-refractivity contribution in [3.05, 3.63) is 0 Å². The summed E-state index contributed by atoms with van der Waals surface area (Å²) in [6.45, 7) is 0.641. The molecule has 0 bridgehead atoms. The van der Waals surface area contributed by atoms with E-state index in [1.165, 1.54) is 9.80 Å². The molecule has 2 unspecified atom stereocenters. The van der Waals surface area contributed by atoms with E-state index in [1.807, 2.05) is 0 Å². The van der Waals surface area contributed by atoms with Crippen molar-refractivity contribution in [3.63, 3.8) is 0 Å². The molecule has 2 fully saturated rings. The molecule has 1 aliphatic heterocycles. The van der Waals surface area contributed by atoms with Gasteiger partial charge in [-0.15, -0.1) is 0 Å². The summed E-state index contributed by atoms with van der Waals surface area (Å²) >= 11 is 4.77. The fraction of sp³-hybridized carbons (Fsp3) is 0.714. The maximum atomic E-state index is 12.1. The molecule has 1 aliphatic carbocycles. The van der Waals surface area contributed by atoms with Gasteiger partial charge in [-0.3, -0.25) is 19.3 Å². The largest absolute Gasteiger partial charge is 0.393 e. The molecule has 0 aromatic carbocycles. The van der Waals surface area contributed by atoms with Crippen molar-refractivity contribution in [2.24, 2.45) is 17.6 Å². The van der Waals surface area contributed by atoms with Gasteiger partial charge in [-0.05, 0) is 12.8 Å². The van der Waals surface area contributed by atoms with E-state index >= 15 is 0 Å². The predicted molar refractivity (Wildman–Crippen MR) is 81.2 cm³/mol. The van der Waals surface area contributed by atoms with E-state index < -0.39 is 0 Å². The second kappa shape index (κ2) is 6.51. The van der Waals surface area contributed by atoms with Gasteiger partial charge in [-0.2, -0.15) is 0 Å². The van der Waals surface area contributed by atoms with Crippen molar-refractivity contribution in [2.75, 3.05) is 20.1 Å². The molecule has 0 radical (unpaired) electrons. The van der Waals surface area contributed by atoms with Crippen molar-refractivity contribution < 1.29 is 14.4 Å². The zero-order chi connectivity index (χ0) is 15.6. The monoisotopic (exact) mass is 311 g/mol. The normalized spacial score (nSPS) is 24.3. The summed E-state index contributed by atoms with van der Waals surface area (Å²) < 4.78 is 0. The fourth-order valence-electron chi connectivity index (χ4n) is 3.08. The number of likely N-dealkylation sites (tertiary alicyclic amines) is 1. The highest BCUT2D eigenvalue weighted by molar-refractivity contribution is 7.80. The molecule has 6 nitrogen and oxygen atoms in total. The predicted octanol–water partition coefficient (Wildman–Crippen LogP) is 0.296. The van der Waals surface area contributed by atoms with Crippen LogP contribution in [0.3, 0.4) is 0 Å². The van der Waals surface area contributed by atoms with E-state index in [-0.39, 0.29) is 42.5 Å². The summed E-state index contributed by atoms with van der Waals surface area (Å²) in [5, 5.41) is 0. The first kappa shape index (κ1) is 15.9. The third-order valence-corrected chi connectivity index (χ3v) is 4.56. The summed E-state index contributed by atoms with van der Waals surface area (Å²) in [6, 6.07) is 0. The lowest BCUT2D eigenvalue weighted by molar-refractivity contribution is -0.141. The average molecular weight is 311 g/mol. The van der Waals surface area contributed by atoms with Crippen molar-refractivity contribution >= 4 is 34.9 Å². The van der Waals surface area contributed by atoms with Crippen LogP contribution in [0.5, 0.6) is 0 Å². The number of hydrogen-bond acceptors (Lipinski definition) is 4. The highest BCUT2D eigenvalue weighted by Gasteiger charge is 2.49. The molecule has 1 heterocycles. The van der Waals surface area contributed by atoms with Crippen LogP contribution >= 0.6 is 12.2 Å². The van der Waals surface area contributed by atoms with Crippen LogP contribution in [0.25, 0.3) is 0 Å². The van der Waals surface area contributed by atoms with E-state index in [9.17, 15) is 14.4 Å². The van der Waals surface area contributed by atoms with Gasteiger partial charge in [0.1, 0.15) is 0 Å². The SMILES string of the molecule is CN(CCC(N)=S)C(=O)CCN1C(=O)C2CCCC2C1=O. The summed E-state index contributed by atoms with van der Waals surface area (Å²) in [5.41, 5.74) is 5.40. The Bertz CT molecular complexity index is 458. The second-order valence-corrected chi connectivity index (χ2v) is 6.28. The van der Waals surface area contributed by atoms with Gasteiger partial charge in [-0.25, -0.2) is 0 Å². The lowest BCUT2D eigenvalue weighted by atomic mass is 10.00. The average Bonchev–Trinajstić information content (AvgIpc) is 3.00. The van der Waals surface area contributed by atoms with Gasteiger partial charge in [-0.1, -0.05) is 18.6 Å². The van der Waals surface area contributed by atoms with E-state index in [2.05, 4.69) is 0 Å². The van der Waals surface area contributed by atoms with Crippen molar-refractivity contribution in [1.29, 1.82) is 0 Å². The maximum Gasteiger partial charge on any atom is 0.233 e. The lowest BCUT2D eigenvalue weighted by Gasteiger charge is -2.19. The minimum absolute atomic E-state index is 0.0962. The van der Waals surface area contributed by atoms with Gasteiger partial charge in [0.25, 0.3) is 0 Å². The maximum absolute atomic E-state index is 12.1. The summed E-state index contributed by atoms with van der Waals surface area (Å²) in [7, 11) is 1.67. The van der Waals surface area contributed by atoms with Crippen LogP contribution in [-0.2, 0) is 14.4 Å². The Morgan fingerprint density at radius 3 is 2.38 bits per heavy atom. The van der Waals surface area contributed by atoms with Crippen LogP contribution in [0.4, 0.5) is 0 Å². The van der Waals surface area contributed by atoms with Crippen LogP contribution in [-0.4, -0.2) is 52.6 Å². The quantitative estimate of drug-likeness (QED) is 0.563. The zero-order valence-corrected chi connectivity index (χ0v) is 13.0. The molecule has 116 valence electrons. The number of carbonyl (C=O) groups is 3. The zero-order valence-electron chi connectivity index (χ0n) is 12.2. The van der Waals surface area contributed by atoms with Gasteiger partial charge in [0.2, 0.25) is 17.7 Å². The molecule has 0 aromatic heterocycles. The molecule has 3 amide bonds. The van der Waals surface area contributed by atoms with Crippen LogP contribution in [0.15, 0.2) is 0 Å². The highest BCUT2D eigenvalue weighted by Crippen LogP contribution is 2.39. The Balaban J connectivity index is 1.83. The number of fused-ring (bicyclic) bond motifs is 1. The standard InChI is InChI=1S/C14H21N3O3S/c1-16(7-5-11(15)21)12(18)6-8-17-13(19)9-3-2-4-10(9)14(17)20/h9-10H,2-8H2,1H3,(H2,15,21). The van der Waals surface area contributed by atoms with Gasteiger partial charge >= 0.3 is 0 Å². The topological polar surface area (TPSA) is 83.7 Å². The molecule has 1 saturated carbocycles. The van der Waals surface area contributed by atoms with E-state index in [4.69, 9.17) is 18.0 Å². The molecule has 0 aromatic rings. The number of carbonyl (C=O) groups excluding carboxylic acids is 3. The highest BCUT2D eigenvalue weighted by atomic mass is 32.1. The summed E-state index contributed by atoms with van der Waals surface area (Å²) in [5.74, 6) is -0.578. The number of nitrogens with zero attached hydrogens (tertiary/aromatic N) is 2. The van der Waals surface area contributed by atoms with Crippen LogP contribution in [0.1, 0.15) is 32.1 Å². The molecular weight excluding hydrogens is 290 g/mol. The molecule has 21 heavy (non-hydrogen) atoms. The van der Waals surface area contributed by atoms with Crippen molar-refractivity contribution in [2.45, 2.75) is 32.1 Å². The Kier molecular flexibility index (Phi) is 4.92. The molecular formula is C14H21N3O3S. The third kappa shape index (κ3) is 3.40. The molecule has 2 rings (SSSR count). The van der Waals surface area contributed by atoms with Gasteiger partial charge in [0.15, 0.2) is 0 Å². The molecule has 0 spiro atoms. The molecule has 7 heteroatoms. The smallest absolute Gasteiger partial charge is 0.233 e. The fourth-order valence-corrected chi connectivity index (χ4v) is 3.17. The molecule has 2 atom stereocenters. The number of thiocarbonyl (C=S) groups is 1. The number of imide groups is 1. The number of hydrogen-bond donors (Lipinski definition) is 1. The minimum atomic E-state index is -0.139. The first-order valence-electron chi connectivity index (χ1n) is 7.29. The van der Waals surface area contributed by atoms with Gasteiger partial charge in [0, 0.05) is 33.0 Å². The molecule has 2 N–H and O–H groups in total. The Hall–Kier alpha value is -1.50. The molecule has 2 aliphatic rings. The van der Waals surface area contributed by atoms with Crippen LogP contribution in [0.2, 0.25) is 0 Å². The molecule has 1 saturated heterocycles. The van der Waals surface area contributed by atoms with Gasteiger partial charge in [0.05, 0.1) is 16.8 Å². The van der Waals surface area contributed by atoms with E-state index in [1.54, 1.807) is 7.05 Å². The lowest BCUT2D eigenvalue weighted by Crippen LogP contribution is -2.37. The van der Waals surface area contributed by atoms with Crippen molar-refractivity contribution in [3.8, 4) is 0 Å². The minimum Gasteiger partial charge on any atom is -0.393 e. The number of nitrogens with two attached hydrogens (primary N) is 1. The third-order valence-electron chi connectivity index (χ3n) is 4.35. The Morgan fingerprint density at radius 2 is 1.86 bits per heavy atom. The first-order chi connectivity index (χ1) is 9.91. The van der Waals surface area contributed by atoms with Gasteiger partial charge < -0.3 is 10.6 Å². The Morgan fingerprint density at radius 1 is 1.29 bits per heavy atom.